The van der Waals surface area contributed by atoms with Crippen molar-refractivity contribution >= 4 is 56.6 Å². The molecule has 0 saturated heterocycles. The lowest BCUT2D eigenvalue weighted by molar-refractivity contribution is 0.0951. The van der Waals surface area contributed by atoms with Crippen molar-refractivity contribution in [1.29, 1.82) is 0 Å². The van der Waals surface area contributed by atoms with E-state index in [1.54, 1.807) is 4.90 Å². The van der Waals surface area contributed by atoms with Gasteiger partial charge < -0.3 is 13.9 Å². The molecule has 1 aliphatic rings. The van der Waals surface area contributed by atoms with Crippen molar-refractivity contribution in [3.05, 3.63) is 93.5 Å². The number of halogens is 2. The first-order valence-corrected chi connectivity index (χ1v) is 18.1. The number of para-hydroxylation sites is 1. The van der Waals surface area contributed by atoms with Gasteiger partial charge in [-0.25, -0.2) is 5.10 Å². The van der Waals surface area contributed by atoms with Crippen molar-refractivity contribution < 1.29 is 9.53 Å². The quantitative estimate of drug-likeness (QED) is 0.0954. The third-order valence-corrected chi connectivity index (χ3v) is 11.6. The van der Waals surface area contributed by atoms with Crippen LogP contribution in [0.4, 0.5) is 5.69 Å². The highest BCUT2D eigenvalue weighted by atomic mass is 35.5. The molecule has 52 heavy (non-hydrogen) atoms. The summed E-state index contributed by atoms with van der Waals surface area (Å²) in [6.45, 7) is 10.6. The van der Waals surface area contributed by atoms with E-state index in [0.29, 0.717) is 31.0 Å². The normalized spacial score (nSPS) is 16.0. The van der Waals surface area contributed by atoms with E-state index in [2.05, 4.69) is 57.2 Å². The molecule has 266 valence electrons. The van der Waals surface area contributed by atoms with Crippen LogP contribution in [0.25, 0.3) is 44.3 Å². The number of carbonyl (C=O) groups is 1. The Morgan fingerprint density at radius 1 is 1.00 bits per heavy atom. The highest BCUT2D eigenvalue weighted by Gasteiger charge is 2.42. The van der Waals surface area contributed by atoms with Crippen LogP contribution in [0, 0.1) is 27.7 Å². The predicted octanol–water partition coefficient (Wildman–Crippen LogP) is 8.40. The number of fused-ring (bicyclic) bond motifs is 4. The maximum atomic E-state index is 15.2. The van der Waals surface area contributed by atoms with E-state index in [1.165, 1.54) is 0 Å². The third-order valence-electron chi connectivity index (χ3n) is 10.5. The van der Waals surface area contributed by atoms with E-state index >= 15 is 4.79 Å². The van der Waals surface area contributed by atoms with Crippen molar-refractivity contribution in [3.63, 3.8) is 0 Å². The summed E-state index contributed by atoms with van der Waals surface area (Å²) in [5.41, 5.74) is 10.4. The van der Waals surface area contributed by atoms with E-state index in [1.807, 2.05) is 80.6 Å². The lowest BCUT2D eigenvalue weighted by atomic mass is 9.98. The Kier molecular flexibility index (Phi) is 8.38. The first kappa shape index (κ1) is 34.0. The molecular weight excluding hydrogens is 697 g/mol. The molecule has 0 saturated carbocycles. The van der Waals surface area contributed by atoms with Gasteiger partial charge in [-0.05, 0) is 105 Å². The molecule has 0 spiro atoms. The molecule has 11 nitrogen and oxygen atoms in total. The van der Waals surface area contributed by atoms with E-state index in [0.717, 1.165) is 83.0 Å². The number of benzene rings is 3. The van der Waals surface area contributed by atoms with Gasteiger partial charge in [-0.15, -0.1) is 5.10 Å². The lowest BCUT2D eigenvalue weighted by Gasteiger charge is -2.38. The van der Waals surface area contributed by atoms with Crippen molar-refractivity contribution in [2.24, 2.45) is 14.1 Å². The second-order valence-electron chi connectivity index (χ2n) is 13.8. The molecule has 8 rings (SSSR count). The topological polar surface area (TPSA) is 112 Å². The number of carbonyl (C=O) groups excluding carboxylic acids is 1. The number of hydrogen-bond donors (Lipinski definition) is 1. The number of amides is 1. The maximum Gasteiger partial charge on any atom is 0.276 e. The van der Waals surface area contributed by atoms with Gasteiger partial charge in [-0.2, -0.15) is 5.10 Å². The van der Waals surface area contributed by atoms with Gasteiger partial charge in [-0.1, -0.05) is 41.4 Å². The molecule has 0 aliphatic carbocycles. The number of hydrogen-bond acceptors (Lipinski definition) is 6. The molecule has 0 radical (unpaired) electrons. The van der Waals surface area contributed by atoms with Gasteiger partial charge in [0.2, 0.25) is 0 Å². The minimum atomic E-state index is -0.687. The number of ether oxygens (including phenoxy) is 1. The molecule has 7 aromatic rings. The number of alkyl halides is 1. The van der Waals surface area contributed by atoms with E-state index < -0.39 is 5.50 Å². The number of aromatic amines is 1. The third kappa shape index (κ3) is 5.28. The van der Waals surface area contributed by atoms with Gasteiger partial charge in [-0.3, -0.25) is 14.4 Å². The smallest absolute Gasteiger partial charge is 0.276 e. The largest absolute Gasteiger partial charge is 0.494 e. The number of anilines is 1. The Morgan fingerprint density at radius 3 is 2.46 bits per heavy atom. The summed E-state index contributed by atoms with van der Waals surface area (Å²) >= 11 is 13.9. The zero-order valence-corrected chi connectivity index (χ0v) is 31.6. The summed E-state index contributed by atoms with van der Waals surface area (Å²) in [5, 5.41) is 21.8. The number of tetrazole rings is 1. The molecule has 3 aromatic carbocycles. The summed E-state index contributed by atoms with van der Waals surface area (Å²) in [6.07, 6.45) is 3.29. The first-order chi connectivity index (χ1) is 25.0. The second kappa shape index (κ2) is 12.8. The highest BCUT2D eigenvalue weighted by Crippen LogP contribution is 2.46. The summed E-state index contributed by atoms with van der Waals surface area (Å²) in [7, 11) is 3.93. The van der Waals surface area contributed by atoms with Crippen molar-refractivity contribution in [2.75, 3.05) is 11.5 Å². The van der Waals surface area contributed by atoms with Crippen LogP contribution in [0.3, 0.4) is 0 Å². The summed E-state index contributed by atoms with van der Waals surface area (Å²) in [4.78, 5) is 16.9. The van der Waals surface area contributed by atoms with E-state index in [4.69, 9.17) is 33.0 Å². The van der Waals surface area contributed by atoms with Crippen molar-refractivity contribution in [2.45, 2.75) is 59.0 Å². The Morgan fingerprint density at radius 2 is 1.77 bits per heavy atom. The van der Waals surface area contributed by atoms with Gasteiger partial charge in [0.05, 0.1) is 29.5 Å². The molecule has 1 amide bonds. The highest BCUT2D eigenvalue weighted by molar-refractivity contribution is 6.32. The fourth-order valence-corrected chi connectivity index (χ4v) is 8.33. The molecule has 1 unspecified atom stereocenters. The monoisotopic (exact) mass is 735 g/mol. The van der Waals surface area contributed by atoms with Crippen LogP contribution in [0.15, 0.2) is 54.7 Å². The molecule has 0 bridgehead atoms. The predicted molar refractivity (Wildman–Crippen MR) is 206 cm³/mol. The Labute approximate surface area is 311 Å². The fourth-order valence-electron chi connectivity index (χ4n) is 7.92. The van der Waals surface area contributed by atoms with Crippen LogP contribution in [-0.2, 0) is 20.5 Å². The average Bonchev–Trinajstić information content (AvgIpc) is 3.90. The van der Waals surface area contributed by atoms with Crippen LogP contribution < -0.4 is 9.64 Å². The van der Waals surface area contributed by atoms with Gasteiger partial charge in [0, 0.05) is 64.0 Å². The van der Waals surface area contributed by atoms with Crippen molar-refractivity contribution in [3.8, 4) is 28.3 Å². The molecule has 1 aliphatic heterocycles. The van der Waals surface area contributed by atoms with Crippen LogP contribution in [0.2, 0.25) is 5.02 Å². The number of H-pyrrole nitrogens is 1. The minimum absolute atomic E-state index is 0.154. The SMILES string of the molecule is Cc1cc(OCCCc2c3n(c4c(-c5c(C)nn(C)c5C)cccc24)C(C)[C@@H](Cl)N(c2cn(C)c4ccc(-c5nnn[nH]5)cc24)C3=O)cc(C)c1Cl. The summed E-state index contributed by atoms with van der Waals surface area (Å²) in [6, 6.07) is 15.9. The average molecular weight is 737 g/mol. The second-order valence-corrected chi connectivity index (χ2v) is 14.6. The number of aromatic nitrogens is 8. The Balaban J connectivity index is 1.27. The molecule has 5 heterocycles. The first-order valence-electron chi connectivity index (χ1n) is 17.3. The Hall–Kier alpha value is -5.13. The number of rotatable bonds is 8. The van der Waals surface area contributed by atoms with E-state index in [9.17, 15) is 0 Å². The fraction of sp³-hybridized carbons (Fsp3) is 0.308. The Bertz CT molecular complexity index is 2510. The van der Waals surface area contributed by atoms with Gasteiger partial charge in [0.25, 0.3) is 5.91 Å². The number of nitrogens with zero attached hydrogens (tertiary/aromatic N) is 8. The van der Waals surface area contributed by atoms with Gasteiger partial charge in [0.1, 0.15) is 16.9 Å². The van der Waals surface area contributed by atoms with Crippen LogP contribution in [-0.4, -0.2) is 57.6 Å². The number of nitrogens with one attached hydrogen (secondary N) is 1. The lowest BCUT2D eigenvalue weighted by Crippen LogP contribution is -2.47. The van der Waals surface area contributed by atoms with Gasteiger partial charge in [0.15, 0.2) is 5.82 Å². The van der Waals surface area contributed by atoms with Crippen LogP contribution in [0.5, 0.6) is 5.75 Å². The summed E-state index contributed by atoms with van der Waals surface area (Å²) in [5.74, 6) is 1.17. The van der Waals surface area contributed by atoms with Gasteiger partial charge >= 0.3 is 0 Å². The minimum Gasteiger partial charge on any atom is -0.494 e. The molecule has 4 aromatic heterocycles. The van der Waals surface area contributed by atoms with Crippen molar-refractivity contribution in [1.82, 2.24) is 39.5 Å². The molecule has 0 fully saturated rings. The maximum absolute atomic E-state index is 15.2. The zero-order valence-electron chi connectivity index (χ0n) is 30.1. The van der Waals surface area contributed by atoms with Crippen LogP contribution in [0.1, 0.15) is 58.0 Å². The summed E-state index contributed by atoms with van der Waals surface area (Å²) < 4.78 is 12.3. The van der Waals surface area contributed by atoms with E-state index in [-0.39, 0.29) is 11.9 Å². The zero-order chi connectivity index (χ0) is 36.6. The molecular formula is C39H39Cl2N9O2. The molecule has 1 N–H and O–H groups in total. The standard InChI is InChI=1S/C39H39Cl2N9O2/c1-20-16-26(17-21(2)34(20)40)52-15-9-12-28-27-10-8-11-29(33-22(3)44-48(7)23(33)4)35(27)49-24(5)37(41)50(39(51)36(28)49)32-19-47(6)31-14-13-25(18-30(31)32)38-42-45-46-43-38/h8,10-11,13-14,16-19,24,37H,9,12,15H2,1-7H3,(H,42,43,45,46)/t24?,37-/m0/s1. The molecule has 13 heteroatoms. The van der Waals surface area contributed by atoms with Crippen LogP contribution >= 0.6 is 23.2 Å². The molecule has 2 atom stereocenters. The number of aryl methyl sites for hydroxylation is 6.